The van der Waals surface area contributed by atoms with Gasteiger partial charge in [-0.25, -0.2) is 15.8 Å². The van der Waals surface area contributed by atoms with E-state index in [1.54, 1.807) is 6.07 Å². The van der Waals surface area contributed by atoms with E-state index in [4.69, 9.17) is 10.6 Å². The fourth-order valence-electron chi connectivity index (χ4n) is 1.37. The minimum absolute atomic E-state index is 0.224. The fourth-order valence-corrected chi connectivity index (χ4v) is 1.37. The number of hydrogen-bond acceptors (Lipinski definition) is 6. The Kier molecular flexibility index (Phi) is 5.98. The summed E-state index contributed by atoms with van der Waals surface area (Å²) in [5.74, 6) is 7.38. The predicted octanol–water partition coefficient (Wildman–Crippen LogP) is 2.15. The molecule has 0 saturated heterocycles. The van der Waals surface area contributed by atoms with Crippen LogP contribution in [-0.2, 0) is 11.3 Å². The summed E-state index contributed by atoms with van der Waals surface area (Å²) in [6.45, 7) is 10.4. The lowest BCUT2D eigenvalue weighted by Gasteiger charge is -2.23. The minimum Gasteiger partial charge on any atom is -0.374 e. The number of ether oxygens (including phenoxy) is 1. The topological polar surface area (TPSA) is 85.1 Å². The number of nitrogens with zero attached hydrogens (tertiary/aromatic N) is 2. The Labute approximate surface area is 115 Å². The molecule has 0 aliphatic carbocycles. The smallest absolute Gasteiger partial charge is 0.158 e. The van der Waals surface area contributed by atoms with Gasteiger partial charge in [-0.05, 0) is 18.8 Å². The van der Waals surface area contributed by atoms with E-state index in [1.165, 1.54) is 0 Å². The van der Waals surface area contributed by atoms with Gasteiger partial charge in [-0.2, -0.15) is 0 Å². The molecule has 1 aromatic heterocycles. The number of nitrogen functional groups attached to an aromatic ring is 1. The maximum Gasteiger partial charge on any atom is 0.158 e. The largest absolute Gasteiger partial charge is 0.374 e. The van der Waals surface area contributed by atoms with Gasteiger partial charge in [-0.1, -0.05) is 20.8 Å². The van der Waals surface area contributed by atoms with Crippen LogP contribution in [0.3, 0.4) is 0 Å². The molecule has 0 aliphatic heterocycles. The van der Waals surface area contributed by atoms with Crippen LogP contribution in [0.25, 0.3) is 0 Å². The van der Waals surface area contributed by atoms with Crippen molar-refractivity contribution >= 4 is 11.6 Å². The molecular weight excluding hydrogens is 242 g/mol. The van der Waals surface area contributed by atoms with Crippen LogP contribution in [0.2, 0.25) is 0 Å². The number of nitrogens with one attached hydrogen (secondary N) is 2. The quantitative estimate of drug-likeness (QED) is 0.494. The number of hydrazine groups is 1. The molecule has 1 aromatic rings. The molecule has 0 atom stereocenters. The Balaban J connectivity index is 2.76. The van der Waals surface area contributed by atoms with E-state index in [2.05, 4.69) is 41.5 Å². The van der Waals surface area contributed by atoms with Crippen LogP contribution in [-0.4, -0.2) is 23.1 Å². The lowest BCUT2D eigenvalue weighted by Crippen LogP contribution is -2.23. The molecule has 6 heteroatoms. The van der Waals surface area contributed by atoms with Crippen LogP contribution < -0.4 is 16.6 Å². The highest BCUT2D eigenvalue weighted by Gasteiger charge is 2.15. The van der Waals surface area contributed by atoms with Gasteiger partial charge in [0.1, 0.15) is 18.2 Å². The summed E-state index contributed by atoms with van der Waals surface area (Å²) in [5, 5.41) is 3.33. The molecule has 1 heterocycles. The molecule has 0 aromatic carbocycles. The van der Waals surface area contributed by atoms with Crippen molar-refractivity contribution in [1.82, 2.24) is 9.97 Å². The third kappa shape index (κ3) is 5.40. The summed E-state index contributed by atoms with van der Waals surface area (Å²) >= 11 is 0. The Morgan fingerprint density at radius 1 is 1.26 bits per heavy atom. The third-order valence-corrected chi connectivity index (χ3v) is 3.06. The summed E-state index contributed by atoms with van der Waals surface area (Å²) in [4.78, 5) is 8.66. The number of nitrogens with two attached hydrogens (primary N) is 1. The third-order valence-electron chi connectivity index (χ3n) is 3.06. The summed E-state index contributed by atoms with van der Waals surface area (Å²) < 4.78 is 5.32. The van der Waals surface area contributed by atoms with Gasteiger partial charge in [0.25, 0.3) is 0 Å². The van der Waals surface area contributed by atoms with Crippen molar-refractivity contribution in [3.05, 3.63) is 11.9 Å². The molecule has 4 N–H and O–H groups in total. The van der Waals surface area contributed by atoms with Crippen LogP contribution in [0, 0.1) is 5.41 Å². The van der Waals surface area contributed by atoms with E-state index in [0.717, 1.165) is 18.8 Å². The summed E-state index contributed by atoms with van der Waals surface area (Å²) in [5.41, 5.74) is 2.77. The van der Waals surface area contributed by atoms with E-state index in [9.17, 15) is 0 Å². The van der Waals surface area contributed by atoms with Gasteiger partial charge in [-0.15, -0.1) is 0 Å². The second kappa shape index (κ2) is 7.25. The fraction of sp³-hybridized carbons (Fsp3) is 0.692. The van der Waals surface area contributed by atoms with E-state index in [0.29, 0.717) is 24.9 Å². The van der Waals surface area contributed by atoms with Gasteiger partial charge in [0.05, 0.1) is 0 Å². The maximum absolute atomic E-state index is 5.42. The van der Waals surface area contributed by atoms with Crippen molar-refractivity contribution in [2.24, 2.45) is 11.3 Å². The Bertz CT molecular complexity index is 395. The molecule has 108 valence electrons. The maximum atomic E-state index is 5.42. The first kappa shape index (κ1) is 15.7. The highest BCUT2D eigenvalue weighted by molar-refractivity contribution is 5.46. The number of aromatic nitrogens is 2. The van der Waals surface area contributed by atoms with Crippen molar-refractivity contribution in [2.45, 2.75) is 40.7 Å². The first-order chi connectivity index (χ1) is 9.00. The highest BCUT2D eigenvalue weighted by atomic mass is 16.5. The van der Waals surface area contributed by atoms with Gasteiger partial charge in [0.15, 0.2) is 5.82 Å². The average Bonchev–Trinajstić information content (AvgIpc) is 2.42. The van der Waals surface area contributed by atoms with Crippen LogP contribution in [0.5, 0.6) is 0 Å². The van der Waals surface area contributed by atoms with Gasteiger partial charge in [0.2, 0.25) is 0 Å². The zero-order valence-corrected chi connectivity index (χ0v) is 12.3. The van der Waals surface area contributed by atoms with E-state index < -0.39 is 0 Å². The second-order valence-corrected chi connectivity index (χ2v) is 5.21. The number of anilines is 2. The van der Waals surface area contributed by atoms with Crippen molar-refractivity contribution < 1.29 is 4.74 Å². The molecule has 0 amide bonds. The molecule has 0 radical (unpaired) electrons. The Morgan fingerprint density at radius 3 is 2.53 bits per heavy atom. The molecule has 0 bridgehead atoms. The Morgan fingerprint density at radius 2 is 1.95 bits per heavy atom. The van der Waals surface area contributed by atoms with E-state index >= 15 is 0 Å². The highest BCUT2D eigenvalue weighted by Crippen LogP contribution is 2.20. The summed E-state index contributed by atoms with van der Waals surface area (Å²) in [6, 6.07) is 1.79. The average molecular weight is 267 g/mol. The lowest BCUT2D eigenvalue weighted by atomic mass is 9.90. The van der Waals surface area contributed by atoms with Gasteiger partial charge < -0.3 is 15.5 Å². The van der Waals surface area contributed by atoms with Gasteiger partial charge in [-0.3, -0.25) is 0 Å². The zero-order valence-electron chi connectivity index (χ0n) is 12.3. The molecular formula is C13H25N5O. The summed E-state index contributed by atoms with van der Waals surface area (Å²) in [7, 11) is 0. The molecule has 0 spiro atoms. The van der Waals surface area contributed by atoms with Crippen molar-refractivity contribution in [1.29, 1.82) is 0 Å². The lowest BCUT2D eigenvalue weighted by molar-refractivity contribution is 0.128. The first-order valence-corrected chi connectivity index (χ1v) is 6.67. The van der Waals surface area contributed by atoms with E-state index in [-0.39, 0.29) is 5.41 Å². The monoisotopic (exact) mass is 267 g/mol. The van der Waals surface area contributed by atoms with Gasteiger partial charge >= 0.3 is 0 Å². The molecule has 1 rings (SSSR count). The normalized spacial score (nSPS) is 11.4. The van der Waals surface area contributed by atoms with Crippen molar-refractivity contribution in [3.8, 4) is 0 Å². The SMILES string of the molecule is CCOCc1nc(NN)cc(NCC(C)(C)CC)n1. The first-order valence-electron chi connectivity index (χ1n) is 6.67. The predicted molar refractivity (Wildman–Crippen MR) is 77.7 cm³/mol. The van der Waals surface area contributed by atoms with Crippen LogP contribution in [0.4, 0.5) is 11.6 Å². The van der Waals surface area contributed by atoms with Crippen molar-refractivity contribution in [2.75, 3.05) is 23.9 Å². The molecule has 0 unspecified atom stereocenters. The molecule has 0 saturated carbocycles. The van der Waals surface area contributed by atoms with Crippen LogP contribution >= 0.6 is 0 Å². The molecule has 0 fully saturated rings. The molecule has 6 nitrogen and oxygen atoms in total. The molecule has 0 aliphatic rings. The minimum atomic E-state index is 0.224. The van der Waals surface area contributed by atoms with Gasteiger partial charge in [0, 0.05) is 19.2 Å². The summed E-state index contributed by atoms with van der Waals surface area (Å²) in [6.07, 6.45) is 1.10. The Hall–Kier alpha value is -1.40. The van der Waals surface area contributed by atoms with Crippen LogP contribution in [0.15, 0.2) is 6.07 Å². The zero-order chi connectivity index (χ0) is 14.3. The number of rotatable bonds is 8. The second-order valence-electron chi connectivity index (χ2n) is 5.21. The van der Waals surface area contributed by atoms with Crippen molar-refractivity contribution in [3.63, 3.8) is 0 Å². The van der Waals surface area contributed by atoms with E-state index in [1.807, 2.05) is 6.92 Å². The molecule has 19 heavy (non-hydrogen) atoms. The van der Waals surface area contributed by atoms with Crippen LogP contribution in [0.1, 0.15) is 39.9 Å². The number of hydrogen-bond donors (Lipinski definition) is 3. The standard InChI is InChI=1S/C13H25N5O/c1-5-13(3,4)9-15-10-7-11(18-14)17-12(16-10)8-19-6-2/h7H,5-6,8-9,14H2,1-4H3,(H2,15,16,17,18).